The molecule has 0 saturated heterocycles. The van der Waals surface area contributed by atoms with Crippen LogP contribution in [0.2, 0.25) is 0 Å². The summed E-state index contributed by atoms with van der Waals surface area (Å²) in [6.45, 7) is 6.54. The van der Waals surface area contributed by atoms with Crippen LogP contribution >= 0.6 is 0 Å². The molecule has 6 nitrogen and oxygen atoms in total. The Morgan fingerprint density at radius 3 is 0.771 bits per heavy atom. The van der Waals surface area contributed by atoms with E-state index in [1.54, 1.807) is 0 Å². The minimum Gasteiger partial charge on any atom is -0.462 e. The Morgan fingerprint density at radius 1 is 0.253 bits per heavy atom. The fourth-order valence-electron chi connectivity index (χ4n) is 10.5. The van der Waals surface area contributed by atoms with Crippen LogP contribution in [0.15, 0.2) is 85.1 Å². The van der Waals surface area contributed by atoms with E-state index >= 15 is 0 Å². The Labute approximate surface area is 515 Å². The number of carbonyl (C=O) groups is 3. The lowest BCUT2D eigenvalue weighted by Gasteiger charge is -2.18. The van der Waals surface area contributed by atoms with Gasteiger partial charge in [-0.05, 0) is 116 Å². The zero-order valence-electron chi connectivity index (χ0n) is 55.2. The Hall–Kier alpha value is -3.41. The molecule has 0 fully saturated rings. The van der Waals surface area contributed by atoms with Crippen LogP contribution in [0.5, 0.6) is 0 Å². The Balaban J connectivity index is 4.12. The molecule has 1 unspecified atom stereocenters. The van der Waals surface area contributed by atoms with E-state index in [0.717, 1.165) is 96.3 Å². The van der Waals surface area contributed by atoms with Crippen molar-refractivity contribution in [3.8, 4) is 0 Å². The molecule has 0 rings (SSSR count). The highest BCUT2D eigenvalue weighted by atomic mass is 16.6. The minimum absolute atomic E-state index is 0.0759. The molecule has 0 bridgehead atoms. The van der Waals surface area contributed by atoms with E-state index in [9.17, 15) is 14.4 Å². The van der Waals surface area contributed by atoms with E-state index in [4.69, 9.17) is 14.2 Å². The molecular formula is C77H136O6. The van der Waals surface area contributed by atoms with Crippen molar-refractivity contribution in [3.05, 3.63) is 85.1 Å². The second-order valence-electron chi connectivity index (χ2n) is 24.1. The zero-order valence-corrected chi connectivity index (χ0v) is 55.2. The van der Waals surface area contributed by atoms with Crippen LogP contribution in [0.25, 0.3) is 0 Å². The highest BCUT2D eigenvalue weighted by molar-refractivity contribution is 5.71. The van der Waals surface area contributed by atoms with Crippen molar-refractivity contribution in [1.29, 1.82) is 0 Å². The van der Waals surface area contributed by atoms with E-state index in [1.807, 2.05) is 0 Å². The third-order valence-corrected chi connectivity index (χ3v) is 15.9. The number of hydrogen-bond donors (Lipinski definition) is 0. The van der Waals surface area contributed by atoms with Crippen LogP contribution in [-0.4, -0.2) is 37.2 Å². The molecule has 0 spiro atoms. The number of esters is 3. The smallest absolute Gasteiger partial charge is 0.306 e. The molecule has 480 valence electrons. The first-order valence-corrected chi connectivity index (χ1v) is 36.1. The van der Waals surface area contributed by atoms with Gasteiger partial charge in [0.25, 0.3) is 0 Å². The van der Waals surface area contributed by atoms with E-state index < -0.39 is 6.10 Å². The third-order valence-electron chi connectivity index (χ3n) is 15.9. The number of ether oxygens (including phenoxy) is 3. The molecule has 0 aliphatic carbocycles. The molecule has 6 heteroatoms. The van der Waals surface area contributed by atoms with Crippen molar-refractivity contribution in [3.63, 3.8) is 0 Å². The van der Waals surface area contributed by atoms with Crippen LogP contribution in [0, 0.1) is 0 Å². The third kappa shape index (κ3) is 69.3. The van der Waals surface area contributed by atoms with Gasteiger partial charge in [-0.15, -0.1) is 0 Å². The average Bonchev–Trinajstić information content (AvgIpc) is 3.49. The lowest BCUT2D eigenvalue weighted by Crippen LogP contribution is -2.30. The van der Waals surface area contributed by atoms with E-state index in [0.29, 0.717) is 19.3 Å². The van der Waals surface area contributed by atoms with Gasteiger partial charge >= 0.3 is 17.9 Å². The van der Waals surface area contributed by atoms with Gasteiger partial charge < -0.3 is 14.2 Å². The maximum absolute atomic E-state index is 12.9. The lowest BCUT2D eigenvalue weighted by atomic mass is 10.0. The number of hydrogen-bond acceptors (Lipinski definition) is 6. The molecule has 1 atom stereocenters. The summed E-state index contributed by atoms with van der Waals surface area (Å²) in [5, 5.41) is 0. The normalized spacial score (nSPS) is 12.6. The molecule has 0 saturated carbocycles. The summed E-state index contributed by atoms with van der Waals surface area (Å²) in [7, 11) is 0. The first kappa shape index (κ1) is 79.6. The molecule has 0 aromatic carbocycles. The van der Waals surface area contributed by atoms with Gasteiger partial charge in [0.1, 0.15) is 13.2 Å². The largest absolute Gasteiger partial charge is 0.462 e. The predicted molar refractivity (Wildman–Crippen MR) is 362 cm³/mol. The minimum atomic E-state index is -0.780. The summed E-state index contributed by atoms with van der Waals surface area (Å²) >= 11 is 0. The maximum atomic E-state index is 12.9. The molecule has 0 aromatic rings. The lowest BCUT2D eigenvalue weighted by molar-refractivity contribution is -0.167. The van der Waals surface area contributed by atoms with Gasteiger partial charge in [-0.1, -0.05) is 318 Å². The second-order valence-corrected chi connectivity index (χ2v) is 24.1. The average molecular weight is 1160 g/mol. The van der Waals surface area contributed by atoms with Crippen LogP contribution in [-0.2, 0) is 28.6 Å². The van der Waals surface area contributed by atoms with Gasteiger partial charge in [-0.2, -0.15) is 0 Å². The standard InChI is InChI=1S/C77H136O6/c1-4-7-10-13-16-19-22-25-27-29-31-32-33-34-35-36-37-38-39-40-41-42-43-44-45-46-47-49-50-52-55-58-61-64-67-70-76(79)82-73-74(72-81-75(78)69-66-63-60-57-54-24-21-18-15-12-9-6-3)83-77(80)71-68-65-62-59-56-53-51-48-30-28-26-23-20-17-14-11-8-5-2/h7,10,16,18-19,21,25,27-28,30-32,34-35,74H,4-6,8-9,11-15,17,20,22-24,26,29,33,36-73H2,1-3H3/b10-7-,19-16-,21-18-,27-25-,30-28-,32-31-,35-34-. The summed E-state index contributed by atoms with van der Waals surface area (Å²) in [6.07, 6.45) is 94.8. The monoisotopic (exact) mass is 1160 g/mol. The van der Waals surface area contributed by atoms with Crippen molar-refractivity contribution in [1.82, 2.24) is 0 Å². The van der Waals surface area contributed by atoms with Gasteiger partial charge in [0.05, 0.1) is 0 Å². The Bertz CT molecular complexity index is 1570. The highest BCUT2D eigenvalue weighted by Gasteiger charge is 2.19. The molecular weight excluding hydrogens is 1020 g/mol. The molecule has 0 heterocycles. The molecule has 0 aromatic heterocycles. The highest BCUT2D eigenvalue weighted by Crippen LogP contribution is 2.18. The topological polar surface area (TPSA) is 78.9 Å². The van der Waals surface area contributed by atoms with Crippen molar-refractivity contribution >= 4 is 17.9 Å². The number of allylic oxidation sites excluding steroid dienone is 14. The van der Waals surface area contributed by atoms with Gasteiger partial charge in [-0.3, -0.25) is 14.4 Å². The van der Waals surface area contributed by atoms with Crippen molar-refractivity contribution in [2.75, 3.05) is 13.2 Å². The quantitative estimate of drug-likeness (QED) is 0.0261. The van der Waals surface area contributed by atoms with E-state index in [-0.39, 0.29) is 31.1 Å². The SMILES string of the molecule is CC/C=C\C/C=C\C/C=C\C/C=C\C/C=C\CCCCCCCCCCCCCCCCCCCCCC(=O)OCC(COC(=O)CCCCCCC/C=C\CCCCC)OC(=O)CCCCCCCCC/C=C\CCCCCCCCC. The number of unbranched alkanes of at least 4 members (excludes halogenated alkanes) is 41. The van der Waals surface area contributed by atoms with Crippen molar-refractivity contribution in [2.24, 2.45) is 0 Å². The van der Waals surface area contributed by atoms with Crippen LogP contribution in [0.4, 0.5) is 0 Å². The van der Waals surface area contributed by atoms with Crippen LogP contribution in [0.3, 0.4) is 0 Å². The predicted octanol–water partition coefficient (Wildman–Crippen LogP) is 25.0. The molecule has 0 amide bonds. The van der Waals surface area contributed by atoms with Gasteiger partial charge in [-0.25, -0.2) is 0 Å². The van der Waals surface area contributed by atoms with Crippen LogP contribution in [0.1, 0.15) is 367 Å². The summed E-state index contributed by atoms with van der Waals surface area (Å²) in [6, 6.07) is 0. The van der Waals surface area contributed by atoms with Gasteiger partial charge in [0.15, 0.2) is 6.10 Å². The first-order valence-electron chi connectivity index (χ1n) is 36.1. The fraction of sp³-hybridized carbons (Fsp3) is 0.779. The van der Waals surface area contributed by atoms with E-state index in [2.05, 4.69) is 106 Å². The first-order chi connectivity index (χ1) is 41.0. The van der Waals surface area contributed by atoms with E-state index in [1.165, 1.54) is 231 Å². The van der Waals surface area contributed by atoms with Crippen LogP contribution < -0.4 is 0 Å². The van der Waals surface area contributed by atoms with Gasteiger partial charge in [0.2, 0.25) is 0 Å². The summed E-state index contributed by atoms with van der Waals surface area (Å²) < 4.78 is 17.0. The van der Waals surface area contributed by atoms with Crippen molar-refractivity contribution in [2.45, 2.75) is 374 Å². The number of carbonyl (C=O) groups excluding carboxylic acids is 3. The Morgan fingerprint density at radius 2 is 0.470 bits per heavy atom. The molecule has 0 N–H and O–H groups in total. The summed E-state index contributed by atoms with van der Waals surface area (Å²) in [4.78, 5) is 38.4. The molecule has 0 radical (unpaired) electrons. The molecule has 0 aliphatic rings. The molecule has 83 heavy (non-hydrogen) atoms. The molecule has 0 aliphatic heterocycles. The maximum Gasteiger partial charge on any atom is 0.306 e. The Kier molecular flexibility index (Phi) is 68.2. The zero-order chi connectivity index (χ0) is 59.9. The second kappa shape index (κ2) is 71.1. The fourth-order valence-corrected chi connectivity index (χ4v) is 10.5. The van der Waals surface area contributed by atoms with Gasteiger partial charge in [0, 0.05) is 19.3 Å². The summed E-state index contributed by atoms with van der Waals surface area (Å²) in [5.41, 5.74) is 0. The van der Waals surface area contributed by atoms with Crippen molar-refractivity contribution < 1.29 is 28.6 Å². The summed E-state index contributed by atoms with van der Waals surface area (Å²) in [5.74, 6) is -0.870. The number of rotatable bonds is 66.